The van der Waals surface area contributed by atoms with Crippen molar-refractivity contribution in [3.63, 3.8) is 0 Å². The smallest absolute Gasteiger partial charge is 0.345 e. The second-order valence-corrected chi connectivity index (χ2v) is 16.8. The second-order valence-electron chi connectivity index (χ2n) is 15.5. The summed E-state index contributed by atoms with van der Waals surface area (Å²) in [6.45, 7) is 6.08. The van der Waals surface area contributed by atoms with Crippen LogP contribution in [0.15, 0.2) is 73.2 Å². The number of fused-ring (bicyclic) bond motifs is 6. The van der Waals surface area contributed by atoms with Gasteiger partial charge >= 0.3 is 5.97 Å². The van der Waals surface area contributed by atoms with Crippen LogP contribution in [0.25, 0.3) is 31.8 Å². The van der Waals surface area contributed by atoms with E-state index in [0.29, 0.717) is 119 Å². The summed E-state index contributed by atoms with van der Waals surface area (Å²) in [5, 5.41) is 34.5. The van der Waals surface area contributed by atoms with Crippen LogP contribution in [-0.4, -0.2) is 115 Å². The Morgan fingerprint density at radius 1 is 0.967 bits per heavy atom. The molecule has 3 aromatic heterocycles. The number of hydrogen-bond donors (Lipinski definition) is 3. The van der Waals surface area contributed by atoms with E-state index in [4.69, 9.17) is 30.8 Å². The van der Waals surface area contributed by atoms with Gasteiger partial charge in [-0.15, -0.1) is 11.3 Å². The molecule has 14 nitrogen and oxygen atoms in total. The first-order valence-corrected chi connectivity index (χ1v) is 21.3. The third kappa shape index (κ3) is 9.02. The molecular formula is C44H43ClFN7O7S. The van der Waals surface area contributed by atoms with Gasteiger partial charge in [0.25, 0.3) is 0 Å². The van der Waals surface area contributed by atoms with E-state index in [1.54, 1.807) is 30.5 Å². The summed E-state index contributed by atoms with van der Waals surface area (Å²) in [6.07, 6.45) is 2.35. The van der Waals surface area contributed by atoms with Gasteiger partial charge in [-0.3, -0.25) is 9.80 Å². The van der Waals surface area contributed by atoms with Crippen molar-refractivity contribution in [3.8, 4) is 38.9 Å². The predicted octanol–water partition coefficient (Wildman–Crippen LogP) is 6.79. The highest BCUT2D eigenvalue weighted by Crippen LogP contribution is 2.51. The molecule has 2 atom stereocenters. The molecule has 17 heteroatoms. The van der Waals surface area contributed by atoms with Gasteiger partial charge in [-0.2, -0.15) is 5.06 Å². The number of carbonyl (C=O) groups is 1. The first kappa shape index (κ1) is 41.0. The second kappa shape index (κ2) is 17.9. The maximum absolute atomic E-state index is 14.2. The Bertz CT molecular complexity index is 2550. The number of phenolic OH excluding ortho intramolecular Hbond substituents is 1. The number of hydrogen-bond acceptors (Lipinski definition) is 14. The third-order valence-electron chi connectivity index (χ3n) is 11.4. The van der Waals surface area contributed by atoms with Crippen molar-refractivity contribution in [2.24, 2.45) is 0 Å². The van der Waals surface area contributed by atoms with E-state index < -0.39 is 17.9 Å². The first-order chi connectivity index (χ1) is 29.7. The minimum Gasteiger partial charge on any atom is -0.506 e. The largest absolute Gasteiger partial charge is 0.506 e. The zero-order valence-corrected chi connectivity index (χ0v) is 34.6. The molecule has 0 spiro atoms. The number of phenols is 1. The van der Waals surface area contributed by atoms with Crippen LogP contribution in [0.3, 0.4) is 0 Å². The molecule has 0 aliphatic carbocycles. The lowest BCUT2D eigenvalue weighted by molar-refractivity contribution is -0.145. The summed E-state index contributed by atoms with van der Waals surface area (Å²) in [5.74, 6) is -0.513. The Balaban J connectivity index is 1.14. The van der Waals surface area contributed by atoms with Crippen molar-refractivity contribution >= 4 is 39.1 Å². The molecule has 3 aromatic carbocycles. The van der Waals surface area contributed by atoms with Crippen molar-refractivity contribution < 1.29 is 38.8 Å². The quantitative estimate of drug-likeness (QED) is 0.139. The molecule has 316 valence electrons. The predicted molar refractivity (Wildman–Crippen MR) is 226 cm³/mol. The van der Waals surface area contributed by atoms with Crippen molar-refractivity contribution in [1.29, 1.82) is 0 Å². The summed E-state index contributed by atoms with van der Waals surface area (Å²) in [7, 11) is 0. The molecule has 4 bridgehead atoms. The standard InChI is InChI=1S/C44H43ClFN7O7S/c45-38-28-4-7-33(39(38)54)36-37-42(48-25-49-43(37)61-40(36)27-2-5-31(46)6-3-27)60-35(44(55)56)20-30-19-26(21-52(22-28)13-12-51-14-16-53(57)17-15-51)1-8-34(30)59-24-32-9-11-47-41(50-32)29-10-18-58-23-29/h1-9,11,19,25,29,35,54,57H,10,12-18,20-24H2,(H,55,56)/t29-,35+/m0/s1. The van der Waals surface area contributed by atoms with Crippen molar-refractivity contribution in [2.45, 2.75) is 44.6 Å². The van der Waals surface area contributed by atoms with E-state index in [2.05, 4.69) is 24.8 Å². The maximum atomic E-state index is 14.2. The average Bonchev–Trinajstić information content (AvgIpc) is 3.95. The van der Waals surface area contributed by atoms with E-state index in [-0.39, 0.29) is 35.6 Å². The topological polar surface area (TPSA) is 167 Å². The lowest BCUT2D eigenvalue weighted by Crippen LogP contribution is -2.47. The molecule has 4 aliphatic heterocycles. The molecule has 2 saturated heterocycles. The van der Waals surface area contributed by atoms with E-state index in [1.807, 2.05) is 24.3 Å². The van der Waals surface area contributed by atoms with Gasteiger partial charge in [0.1, 0.15) is 40.9 Å². The maximum Gasteiger partial charge on any atom is 0.345 e. The molecule has 0 amide bonds. The third-order valence-corrected chi connectivity index (χ3v) is 12.9. The monoisotopic (exact) mass is 867 g/mol. The fraction of sp³-hybridized carbons (Fsp3) is 0.341. The summed E-state index contributed by atoms with van der Waals surface area (Å²) in [6, 6.07) is 17.2. The number of nitrogens with zero attached hydrogens (tertiary/aromatic N) is 7. The number of halogens is 2. The Morgan fingerprint density at radius 3 is 2.57 bits per heavy atom. The summed E-state index contributed by atoms with van der Waals surface area (Å²) >= 11 is 8.37. The SMILES string of the molecule is O=C(O)[C@H]1Cc2cc(ccc2OCc2ccnc([C@H]3CCOC3)n2)CN(CCN2CCN(O)CC2)Cc2ccc(c(O)c2Cl)-c2c(-c3ccc(F)cc3)sc3ncnc(c23)O1. The number of thiophene rings is 1. The van der Waals surface area contributed by atoms with Crippen LogP contribution in [0, 0.1) is 5.82 Å². The van der Waals surface area contributed by atoms with Gasteiger partial charge in [-0.25, -0.2) is 29.1 Å². The fourth-order valence-corrected chi connectivity index (χ4v) is 9.45. The normalized spacial score (nSPS) is 19.0. The molecule has 0 radical (unpaired) electrons. The molecular weight excluding hydrogens is 825 g/mol. The Morgan fingerprint density at radius 2 is 1.79 bits per heavy atom. The number of piperazine rings is 1. The van der Waals surface area contributed by atoms with Crippen LogP contribution in [-0.2, 0) is 35.6 Å². The number of aromatic hydroxyl groups is 1. The van der Waals surface area contributed by atoms with Crippen molar-refractivity contribution in [1.82, 2.24) is 34.8 Å². The number of carboxylic acids is 1. The fourth-order valence-electron chi connectivity index (χ4n) is 8.07. The van der Waals surface area contributed by atoms with Gasteiger partial charge in [0.2, 0.25) is 12.0 Å². The van der Waals surface area contributed by atoms with Crippen molar-refractivity contribution in [3.05, 3.63) is 112 Å². The Labute approximate surface area is 359 Å². The molecule has 3 N–H and O–H groups in total. The average molecular weight is 868 g/mol. The van der Waals surface area contributed by atoms with Gasteiger partial charge in [0, 0.05) is 93.5 Å². The Hall–Kier alpha value is -5.33. The van der Waals surface area contributed by atoms with Gasteiger partial charge in [-0.05, 0) is 52.9 Å². The van der Waals surface area contributed by atoms with Crippen LogP contribution in [0.4, 0.5) is 4.39 Å². The van der Waals surface area contributed by atoms with Crippen LogP contribution in [0.5, 0.6) is 17.4 Å². The van der Waals surface area contributed by atoms with Gasteiger partial charge in [-0.1, -0.05) is 48.0 Å². The number of carboxylic acid groups (broad SMARTS) is 1. The summed E-state index contributed by atoms with van der Waals surface area (Å²) in [5.41, 5.74) is 4.37. The van der Waals surface area contributed by atoms with Crippen LogP contribution < -0.4 is 9.47 Å². The van der Waals surface area contributed by atoms with Crippen LogP contribution in [0.2, 0.25) is 5.02 Å². The zero-order valence-electron chi connectivity index (χ0n) is 33.0. The highest BCUT2D eigenvalue weighted by molar-refractivity contribution is 7.22. The van der Waals surface area contributed by atoms with Crippen LogP contribution >= 0.6 is 22.9 Å². The molecule has 2 fully saturated rings. The summed E-state index contributed by atoms with van der Waals surface area (Å²) < 4.78 is 32.6. The zero-order chi connectivity index (χ0) is 42.0. The number of aliphatic carboxylic acids is 1. The van der Waals surface area contributed by atoms with Crippen LogP contribution in [0.1, 0.15) is 40.5 Å². The molecule has 10 rings (SSSR count). The number of hydroxylamine groups is 2. The highest BCUT2D eigenvalue weighted by atomic mass is 35.5. The van der Waals surface area contributed by atoms with E-state index in [9.17, 15) is 24.6 Å². The van der Waals surface area contributed by atoms with Crippen molar-refractivity contribution in [2.75, 3.05) is 52.5 Å². The first-order valence-electron chi connectivity index (χ1n) is 20.1. The number of rotatable bonds is 9. The minimum absolute atomic E-state index is 0.0000540. The summed E-state index contributed by atoms with van der Waals surface area (Å²) in [4.78, 5) is 37.0. The van der Waals surface area contributed by atoms with E-state index >= 15 is 0 Å². The number of aromatic nitrogens is 4. The van der Waals surface area contributed by atoms with Gasteiger partial charge in [0.05, 0.1) is 22.7 Å². The number of benzene rings is 3. The number of ether oxygens (including phenoxy) is 3. The van der Waals surface area contributed by atoms with Gasteiger partial charge in [0.15, 0.2) is 0 Å². The molecule has 61 heavy (non-hydrogen) atoms. The minimum atomic E-state index is -1.43. The van der Waals surface area contributed by atoms with E-state index in [0.717, 1.165) is 18.5 Å². The Kier molecular flexibility index (Phi) is 12.1. The highest BCUT2D eigenvalue weighted by Gasteiger charge is 2.30. The van der Waals surface area contributed by atoms with E-state index in [1.165, 1.54) is 34.9 Å². The molecule has 4 aliphatic rings. The lowest BCUT2D eigenvalue weighted by Gasteiger charge is -2.33. The molecule has 0 unspecified atom stereocenters. The molecule has 6 aromatic rings. The lowest BCUT2D eigenvalue weighted by atomic mass is 9.97. The molecule has 7 heterocycles. The molecule has 0 saturated carbocycles. The van der Waals surface area contributed by atoms with Gasteiger partial charge < -0.3 is 29.6 Å².